The van der Waals surface area contributed by atoms with Gasteiger partial charge in [-0.25, -0.2) is 0 Å². The maximum Gasteiger partial charge on any atom is 0.0609 e. The molecule has 14 heavy (non-hydrogen) atoms. The van der Waals surface area contributed by atoms with Crippen LogP contribution < -0.4 is 0 Å². The lowest BCUT2D eigenvalue weighted by Crippen LogP contribution is -2.24. The van der Waals surface area contributed by atoms with Crippen LogP contribution in [-0.2, 0) is 4.74 Å². The van der Waals surface area contributed by atoms with Crippen molar-refractivity contribution in [3.8, 4) is 0 Å². The summed E-state index contributed by atoms with van der Waals surface area (Å²) < 4.78 is 5.68. The maximum atomic E-state index is 5.68. The average Bonchev–Trinajstić information content (AvgIpc) is 2.17. The van der Waals surface area contributed by atoms with Crippen LogP contribution in [0.2, 0.25) is 0 Å². The zero-order chi connectivity index (χ0) is 10.6. The molecule has 0 aromatic heterocycles. The fraction of sp³-hybridized carbons (Fsp3) is 0.846. The first kappa shape index (κ1) is 11.8. The van der Waals surface area contributed by atoms with E-state index in [0.717, 1.165) is 12.5 Å². The number of ether oxygens (including phenoxy) is 1. The molecular weight excluding hydrogens is 172 g/mol. The first-order valence-corrected chi connectivity index (χ1v) is 5.98. The highest BCUT2D eigenvalue weighted by molar-refractivity contribution is 5.10. The largest absolute Gasteiger partial charge is 0.378 e. The minimum absolute atomic E-state index is 0.393. The van der Waals surface area contributed by atoms with E-state index in [4.69, 9.17) is 4.74 Å². The van der Waals surface area contributed by atoms with Gasteiger partial charge in [-0.15, -0.1) is 0 Å². The van der Waals surface area contributed by atoms with Crippen LogP contribution in [0.4, 0.5) is 0 Å². The third-order valence-corrected chi connectivity index (χ3v) is 3.22. The highest BCUT2D eigenvalue weighted by atomic mass is 16.5. The Morgan fingerprint density at radius 1 is 1.50 bits per heavy atom. The van der Waals surface area contributed by atoms with Gasteiger partial charge in [-0.1, -0.05) is 25.5 Å². The smallest absolute Gasteiger partial charge is 0.0609 e. The Kier molecular flexibility index (Phi) is 4.67. The summed E-state index contributed by atoms with van der Waals surface area (Å²) in [6.45, 7) is 9.73. The molecule has 0 saturated heterocycles. The number of hydrogen-bond donors (Lipinski definition) is 0. The summed E-state index contributed by atoms with van der Waals surface area (Å²) >= 11 is 0. The topological polar surface area (TPSA) is 9.23 Å². The number of allylic oxidation sites excluding steroid dienone is 1. The molecule has 0 bridgehead atoms. The third kappa shape index (κ3) is 3.13. The number of rotatable bonds is 4. The first-order valence-electron chi connectivity index (χ1n) is 5.98. The summed E-state index contributed by atoms with van der Waals surface area (Å²) in [6, 6.07) is 0. The highest BCUT2D eigenvalue weighted by Gasteiger charge is 2.23. The molecule has 0 aromatic rings. The van der Waals surface area contributed by atoms with Gasteiger partial charge in [0.05, 0.1) is 6.10 Å². The van der Waals surface area contributed by atoms with Crippen LogP contribution in [-0.4, -0.2) is 12.7 Å². The summed E-state index contributed by atoms with van der Waals surface area (Å²) in [5, 5.41) is 0. The van der Waals surface area contributed by atoms with Crippen molar-refractivity contribution in [1.29, 1.82) is 0 Å². The summed E-state index contributed by atoms with van der Waals surface area (Å²) in [5.74, 6) is 1.48. The molecule has 0 N–H and O–H groups in total. The molecule has 1 aliphatic rings. The van der Waals surface area contributed by atoms with Gasteiger partial charge >= 0.3 is 0 Å². The molecule has 1 rings (SSSR count). The van der Waals surface area contributed by atoms with Crippen LogP contribution in [0, 0.1) is 11.8 Å². The lowest BCUT2D eigenvalue weighted by molar-refractivity contribution is 0.0383. The second-order valence-electron chi connectivity index (χ2n) is 4.55. The second kappa shape index (κ2) is 5.55. The lowest BCUT2D eigenvalue weighted by Gasteiger charge is -2.29. The van der Waals surface area contributed by atoms with Gasteiger partial charge in [0.2, 0.25) is 0 Å². The number of hydrogen-bond acceptors (Lipinski definition) is 1. The Labute approximate surface area is 88.5 Å². The molecule has 0 heterocycles. The molecule has 3 unspecified atom stereocenters. The van der Waals surface area contributed by atoms with Gasteiger partial charge in [0.1, 0.15) is 0 Å². The Balaban J connectivity index is 2.59. The van der Waals surface area contributed by atoms with Gasteiger partial charge in [-0.3, -0.25) is 0 Å². The molecule has 1 nitrogen and oxygen atoms in total. The van der Waals surface area contributed by atoms with Gasteiger partial charge in [-0.2, -0.15) is 0 Å². The normalized spacial score (nSPS) is 29.9. The van der Waals surface area contributed by atoms with Crippen LogP contribution >= 0.6 is 0 Å². The van der Waals surface area contributed by atoms with Gasteiger partial charge in [0, 0.05) is 12.5 Å². The monoisotopic (exact) mass is 196 g/mol. The Bertz CT molecular complexity index is 195. The summed E-state index contributed by atoms with van der Waals surface area (Å²) in [6.07, 6.45) is 6.65. The Hall–Kier alpha value is -0.300. The second-order valence-corrected chi connectivity index (χ2v) is 4.55. The summed E-state index contributed by atoms with van der Waals surface area (Å²) in [7, 11) is 0. The van der Waals surface area contributed by atoms with E-state index in [0.29, 0.717) is 12.0 Å². The van der Waals surface area contributed by atoms with E-state index >= 15 is 0 Å². The molecule has 0 amide bonds. The van der Waals surface area contributed by atoms with Crippen LogP contribution in [0.1, 0.15) is 47.0 Å². The van der Waals surface area contributed by atoms with E-state index in [1.54, 1.807) is 5.57 Å². The lowest BCUT2D eigenvalue weighted by atomic mass is 9.80. The van der Waals surface area contributed by atoms with Gasteiger partial charge < -0.3 is 4.74 Å². The fourth-order valence-corrected chi connectivity index (χ4v) is 2.41. The molecule has 3 atom stereocenters. The van der Waals surface area contributed by atoms with Crippen molar-refractivity contribution < 1.29 is 4.74 Å². The molecule has 0 radical (unpaired) electrons. The molecule has 0 aromatic carbocycles. The Morgan fingerprint density at radius 3 is 2.79 bits per heavy atom. The van der Waals surface area contributed by atoms with Crippen LogP contribution in [0.5, 0.6) is 0 Å². The molecule has 82 valence electrons. The fourth-order valence-electron chi connectivity index (χ4n) is 2.41. The summed E-state index contributed by atoms with van der Waals surface area (Å²) in [4.78, 5) is 0. The zero-order valence-corrected chi connectivity index (χ0v) is 10.0. The van der Waals surface area contributed by atoms with Crippen molar-refractivity contribution in [2.24, 2.45) is 11.8 Å². The summed E-state index contributed by atoms with van der Waals surface area (Å²) in [5.41, 5.74) is 1.63. The maximum absolute atomic E-state index is 5.68. The molecular formula is C13H24O. The minimum Gasteiger partial charge on any atom is -0.378 e. The predicted octanol–water partition coefficient (Wildman–Crippen LogP) is 3.79. The molecule has 0 aliphatic heterocycles. The van der Waals surface area contributed by atoms with Crippen molar-refractivity contribution in [2.75, 3.05) is 6.61 Å². The molecule has 0 spiro atoms. The van der Waals surface area contributed by atoms with Crippen LogP contribution in [0.15, 0.2) is 11.6 Å². The van der Waals surface area contributed by atoms with E-state index < -0.39 is 0 Å². The van der Waals surface area contributed by atoms with Crippen molar-refractivity contribution in [2.45, 2.75) is 53.1 Å². The SMILES string of the molecule is CCOC(C)C1C=C(CC)CC(C)C1. The zero-order valence-electron chi connectivity index (χ0n) is 10.0. The average molecular weight is 196 g/mol. The van der Waals surface area contributed by atoms with Crippen LogP contribution in [0.25, 0.3) is 0 Å². The predicted molar refractivity (Wildman–Crippen MR) is 61.4 cm³/mol. The first-order chi connectivity index (χ1) is 6.67. The van der Waals surface area contributed by atoms with E-state index in [-0.39, 0.29) is 0 Å². The highest BCUT2D eigenvalue weighted by Crippen LogP contribution is 2.32. The minimum atomic E-state index is 0.393. The molecule has 1 heteroatoms. The van der Waals surface area contributed by atoms with E-state index in [1.165, 1.54) is 19.3 Å². The van der Waals surface area contributed by atoms with Gasteiger partial charge in [0.15, 0.2) is 0 Å². The van der Waals surface area contributed by atoms with Crippen LogP contribution in [0.3, 0.4) is 0 Å². The molecule has 0 fully saturated rings. The standard InChI is InChI=1S/C13H24O/c1-5-12-7-10(3)8-13(9-12)11(4)14-6-2/h9-11,13H,5-8H2,1-4H3. The quantitative estimate of drug-likeness (QED) is 0.621. The van der Waals surface area contributed by atoms with Crippen molar-refractivity contribution in [3.05, 3.63) is 11.6 Å². The molecule has 1 aliphatic carbocycles. The molecule has 0 saturated carbocycles. The van der Waals surface area contributed by atoms with E-state index in [1.807, 2.05) is 0 Å². The van der Waals surface area contributed by atoms with Crippen molar-refractivity contribution in [1.82, 2.24) is 0 Å². The van der Waals surface area contributed by atoms with E-state index in [2.05, 4.69) is 33.8 Å². The van der Waals surface area contributed by atoms with Crippen molar-refractivity contribution >= 4 is 0 Å². The Morgan fingerprint density at radius 2 is 2.21 bits per heavy atom. The van der Waals surface area contributed by atoms with Gasteiger partial charge in [-0.05, 0) is 39.0 Å². The third-order valence-electron chi connectivity index (χ3n) is 3.22. The van der Waals surface area contributed by atoms with Gasteiger partial charge in [0.25, 0.3) is 0 Å². The van der Waals surface area contributed by atoms with E-state index in [9.17, 15) is 0 Å². The van der Waals surface area contributed by atoms with Crippen molar-refractivity contribution in [3.63, 3.8) is 0 Å².